The molecular formula is C90H72Ir3N6-6. The molecule has 0 bridgehead atoms. The zero-order valence-electron chi connectivity index (χ0n) is 60.6. The molecule has 15 aromatic rings. The first-order valence-corrected chi connectivity index (χ1v) is 31.3. The Morgan fingerprint density at radius 3 is 0.919 bits per heavy atom. The van der Waals surface area contributed by atoms with Crippen LogP contribution in [0.4, 0.5) is 0 Å². The van der Waals surface area contributed by atoms with E-state index in [9.17, 15) is 0 Å². The molecule has 1 atom stereocenters. The molecule has 0 spiro atoms. The molecule has 0 aliphatic heterocycles. The molecule has 9 aromatic carbocycles. The zero-order valence-corrected chi connectivity index (χ0v) is 61.8. The van der Waals surface area contributed by atoms with E-state index >= 15 is 0 Å². The molecule has 1 unspecified atom stereocenters. The van der Waals surface area contributed by atoms with Gasteiger partial charge in [-0.15, -0.1) is 215 Å². The summed E-state index contributed by atoms with van der Waals surface area (Å²) in [6, 6.07) is 118. The molecular weight excluding hydrogens is 1740 g/mol. The maximum absolute atomic E-state index is 8.40. The van der Waals surface area contributed by atoms with Gasteiger partial charge in [0.05, 0.1) is 0 Å². The zero-order chi connectivity index (χ0) is 71.4. The third-order valence-electron chi connectivity index (χ3n) is 14.8. The van der Waals surface area contributed by atoms with Crippen molar-refractivity contribution in [1.82, 2.24) is 29.9 Å². The van der Waals surface area contributed by atoms with Crippen LogP contribution in [0.15, 0.2) is 347 Å². The SMILES string of the molecule is Cc1ccccc1-c1ccc(-c2[c-]cccc2)nc1.[2H]C([2H])(C)c1ccccc1-c1ccc(-c2[c-]cccc2)nc1.[2H]C([2H])([2H])C([2H])(C)c1ccccc1-c1ccc(-c2[c-]cccc2)nc1.[Ir].[Ir].[Ir].[c-]1ccccc1-c1ccccn1.[c-]1ccccc1-c1ccccn1.[c-]1ccccc1-c1ccccn1. The van der Waals surface area contributed by atoms with Crippen molar-refractivity contribution in [2.75, 3.05) is 0 Å². The molecule has 9 heteroatoms. The molecule has 495 valence electrons. The van der Waals surface area contributed by atoms with Crippen LogP contribution >= 0.6 is 0 Å². The van der Waals surface area contributed by atoms with Gasteiger partial charge in [-0.1, -0.05) is 166 Å². The Hall–Kier alpha value is -10.2. The number of aryl methyl sites for hydroxylation is 2. The van der Waals surface area contributed by atoms with Crippen molar-refractivity contribution in [2.45, 2.75) is 39.9 Å². The van der Waals surface area contributed by atoms with E-state index in [2.05, 4.69) is 104 Å². The van der Waals surface area contributed by atoms with Crippen LogP contribution in [0.2, 0.25) is 0 Å². The second-order valence-corrected chi connectivity index (χ2v) is 21.4. The molecule has 0 amide bonds. The van der Waals surface area contributed by atoms with Crippen molar-refractivity contribution in [1.29, 1.82) is 0 Å². The summed E-state index contributed by atoms with van der Waals surface area (Å²) in [7, 11) is 0. The van der Waals surface area contributed by atoms with Gasteiger partial charge < -0.3 is 29.9 Å². The monoisotopic (exact) mass is 1820 g/mol. The quantitative estimate of drug-likeness (QED) is 0.120. The second kappa shape index (κ2) is 41.8. The summed E-state index contributed by atoms with van der Waals surface area (Å²) >= 11 is 0. The predicted octanol–water partition coefficient (Wildman–Crippen LogP) is 22.3. The molecule has 3 radical (unpaired) electrons. The van der Waals surface area contributed by atoms with Crippen LogP contribution in [0.1, 0.15) is 51.5 Å². The minimum absolute atomic E-state index is 0. The minimum atomic E-state index is -2.42. The maximum atomic E-state index is 8.40. The molecule has 6 nitrogen and oxygen atoms in total. The van der Waals surface area contributed by atoms with Crippen molar-refractivity contribution >= 4 is 0 Å². The Balaban J connectivity index is 0.000000179. The molecule has 0 fully saturated rings. The Kier molecular flexibility index (Phi) is 28.5. The molecule has 0 saturated carbocycles. The number of benzene rings is 9. The fourth-order valence-electron chi connectivity index (χ4n) is 9.93. The average Bonchev–Trinajstić information content (AvgIpc) is 0.770. The van der Waals surface area contributed by atoms with Gasteiger partial charge in [0.25, 0.3) is 0 Å². The topological polar surface area (TPSA) is 77.3 Å². The molecule has 0 saturated heterocycles. The number of hydrogen-bond donors (Lipinski definition) is 0. The maximum Gasteiger partial charge on any atom is 0.0347 e. The molecule has 0 aliphatic carbocycles. The van der Waals surface area contributed by atoms with Gasteiger partial charge in [0, 0.05) is 106 Å². The number of nitrogens with zero attached hydrogens (tertiary/aromatic N) is 6. The standard InChI is InChI=1S/C20H18N.C19H16N.C18H14N.3C11H8N.3Ir/c1-15(2)18-10-6-7-11-19(18)17-12-13-20(21-14-17)16-8-4-3-5-9-16;1-2-15-8-6-7-11-18(15)17-12-13-19(20-14-17)16-9-4-3-5-10-16;1-14-7-5-6-10-17(14)16-11-12-18(19-13-16)15-8-3-2-4-9-15;3*1-2-6-10(7-3-1)11-8-4-5-9-12-11;;;/h3-8,10-15H,1-2H3;3-9,11-14H,2H2,1H3;2-8,10-13H,1H3;3*1-6,8-9H;;;/q6*-1;;;/i1D3,15D;2D2;;;;;;;. The van der Waals surface area contributed by atoms with Gasteiger partial charge in [-0.05, 0) is 122 Å². The van der Waals surface area contributed by atoms with Crippen LogP contribution in [-0.2, 0) is 66.7 Å². The van der Waals surface area contributed by atoms with Crippen molar-refractivity contribution in [3.63, 3.8) is 0 Å². The summed E-state index contributed by atoms with van der Waals surface area (Å²) in [4.78, 5) is 26.2. The average molecular weight is 1820 g/mol. The van der Waals surface area contributed by atoms with Crippen LogP contribution in [0.5, 0.6) is 0 Å². The van der Waals surface area contributed by atoms with Gasteiger partial charge in [-0.2, -0.15) is 0 Å². The van der Waals surface area contributed by atoms with Gasteiger partial charge >= 0.3 is 0 Å². The smallest absolute Gasteiger partial charge is 0.0347 e. The summed E-state index contributed by atoms with van der Waals surface area (Å²) < 4.78 is 47.5. The molecule has 99 heavy (non-hydrogen) atoms. The number of hydrogen-bond acceptors (Lipinski definition) is 6. The van der Waals surface area contributed by atoms with Gasteiger partial charge in [0.15, 0.2) is 0 Å². The molecule has 6 aromatic heterocycles. The van der Waals surface area contributed by atoms with Crippen molar-refractivity contribution < 1.29 is 68.5 Å². The third-order valence-corrected chi connectivity index (χ3v) is 14.8. The van der Waals surface area contributed by atoms with Crippen LogP contribution in [-0.4, -0.2) is 29.9 Å². The van der Waals surface area contributed by atoms with E-state index in [1.807, 2.05) is 273 Å². The van der Waals surface area contributed by atoms with Crippen LogP contribution in [0.25, 0.3) is 101 Å². The molecule has 0 N–H and O–H groups in total. The summed E-state index contributed by atoms with van der Waals surface area (Å²) in [5.41, 5.74) is 19.6. The Morgan fingerprint density at radius 1 is 0.323 bits per heavy atom. The minimum Gasteiger partial charge on any atom is -0.305 e. The van der Waals surface area contributed by atoms with E-state index in [0.29, 0.717) is 16.7 Å². The molecule has 6 heterocycles. The first-order chi connectivity index (χ1) is 49.6. The van der Waals surface area contributed by atoms with E-state index in [1.54, 1.807) is 50.0 Å². The summed E-state index contributed by atoms with van der Waals surface area (Å²) in [6.45, 7) is 2.70. The van der Waals surface area contributed by atoms with Crippen LogP contribution in [0, 0.1) is 43.3 Å². The predicted molar refractivity (Wildman–Crippen MR) is 396 cm³/mol. The largest absolute Gasteiger partial charge is 0.305 e. The molecule has 15 rings (SSSR count). The van der Waals surface area contributed by atoms with E-state index in [4.69, 9.17) is 8.22 Å². The normalized spacial score (nSPS) is 11.7. The first kappa shape index (κ1) is 67.4. The van der Waals surface area contributed by atoms with Crippen molar-refractivity contribution in [3.8, 4) is 101 Å². The van der Waals surface area contributed by atoms with Gasteiger partial charge in [-0.25, -0.2) is 0 Å². The summed E-state index contributed by atoms with van der Waals surface area (Å²) in [5.74, 6) is -1.70. The Labute approximate surface area is 634 Å². The van der Waals surface area contributed by atoms with Crippen molar-refractivity contribution in [2.24, 2.45) is 0 Å². The van der Waals surface area contributed by atoms with Crippen LogP contribution in [0.3, 0.4) is 0 Å². The Morgan fingerprint density at radius 2 is 0.616 bits per heavy atom. The molecule has 0 aliphatic rings. The summed E-state index contributed by atoms with van der Waals surface area (Å²) in [5, 5.41) is 0. The fourth-order valence-corrected chi connectivity index (χ4v) is 9.93. The van der Waals surface area contributed by atoms with Gasteiger partial charge in [0.2, 0.25) is 0 Å². The van der Waals surface area contributed by atoms with Crippen LogP contribution < -0.4 is 0 Å². The third kappa shape index (κ3) is 23.2. The van der Waals surface area contributed by atoms with Gasteiger partial charge in [-0.3, -0.25) is 0 Å². The summed E-state index contributed by atoms with van der Waals surface area (Å²) in [6.07, 6.45) is 9.41. The number of aromatic nitrogens is 6. The first-order valence-electron chi connectivity index (χ1n) is 34.3. The number of pyridine rings is 6. The number of rotatable bonds is 11. The second-order valence-electron chi connectivity index (χ2n) is 21.4. The Bertz CT molecular complexity index is 4640. The van der Waals surface area contributed by atoms with E-state index in [1.165, 1.54) is 18.1 Å². The van der Waals surface area contributed by atoms with Crippen molar-refractivity contribution in [3.05, 3.63) is 400 Å². The van der Waals surface area contributed by atoms with E-state index in [-0.39, 0.29) is 60.3 Å². The van der Waals surface area contributed by atoms with E-state index in [0.717, 1.165) is 89.8 Å². The van der Waals surface area contributed by atoms with E-state index < -0.39 is 19.1 Å². The fraction of sp³-hybridized carbons (Fsp3) is 0.0667. The van der Waals surface area contributed by atoms with Gasteiger partial charge in [0.1, 0.15) is 0 Å².